The third kappa shape index (κ3) is 14.0. The Bertz CT molecular complexity index is 7020. The number of fused-ring (bicyclic) bond motifs is 18. The fourth-order valence-electron chi connectivity index (χ4n) is 15.3. The topological polar surface area (TPSA) is 898 Å². The van der Waals surface area contributed by atoms with Gasteiger partial charge in [0.1, 0.15) is 36.5 Å². The lowest BCUT2D eigenvalue weighted by molar-refractivity contribution is -0.283. The lowest BCUT2D eigenvalue weighted by Crippen LogP contribution is -2.63. The number of hydrogen-bond acceptors (Lipinski definition) is 53. The first-order chi connectivity index (χ1) is 63.5. The van der Waals surface area contributed by atoms with Gasteiger partial charge in [-0.3, -0.25) is 0 Å². The van der Waals surface area contributed by atoms with Gasteiger partial charge < -0.3 is 215 Å². The molecule has 700 valence electrons. The van der Waals surface area contributed by atoms with Crippen molar-refractivity contribution in [2.24, 2.45) is 0 Å². The van der Waals surface area contributed by atoms with E-state index >= 15 is 33.6 Å². The van der Waals surface area contributed by atoms with E-state index in [0.717, 1.165) is 0 Å². The predicted octanol–water partition coefficient (Wildman–Crippen LogP) is 3.40. The van der Waals surface area contributed by atoms with E-state index in [0.29, 0.717) is 12.1 Å². The average molecular weight is 1890 g/mol. The van der Waals surface area contributed by atoms with Gasteiger partial charge in [0.25, 0.3) is 0 Å². The van der Waals surface area contributed by atoms with E-state index in [1.165, 1.54) is 0 Å². The van der Waals surface area contributed by atoms with Gasteiger partial charge in [0, 0.05) is 33.4 Å². The van der Waals surface area contributed by atoms with E-state index in [4.69, 9.17) is 61.6 Å². The molecule has 30 N–H and O–H groups in total. The van der Waals surface area contributed by atoms with Crippen molar-refractivity contribution in [3.63, 3.8) is 0 Å². The van der Waals surface area contributed by atoms with Crippen LogP contribution in [-0.2, 0) is 56.8 Å². The first-order valence-corrected chi connectivity index (χ1v) is 37.4. The average Bonchev–Trinajstić information content (AvgIpc) is 1.40. The van der Waals surface area contributed by atoms with Gasteiger partial charge in [-0.15, -0.1) is 0 Å². The van der Waals surface area contributed by atoms with Gasteiger partial charge in [-0.25, -0.2) is 47.9 Å². The highest BCUT2D eigenvalue weighted by atomic mass is 16.8. The SMILES string of the molecule is O=C(O[C@@H]1O[C@@H]2COC(=O)c3cc(O)c(O)c(O)c3-c3c(O)c(O)c(O)c(O)c3C(=O)O[C@H]2[C@@H]2OC(=O)c3cc(O)c(O)c(O)c3-c3c(cc(O)c(O)c3O)C(=O)O[C@@H]12)c1cc(O)c(O)c(Oc2c(O)c(O)c(O)c3c2C(=O)O[C@H]2[C@@H]4OC(=O)c5cc(O)c(O)c(O)c5-c5c(cc(O)c(O)c5O)C(=O)O[C@H]4[C@@H](OC(=O)c4cc(O)c(O)c(O)c4)O[C@@H]2COC(=O)c2cc(O)c(O)c(O)c2-3)c1. The third-order valence-electron chi connectivity index (χ3n) is 21.7. The minimum Gasteiger partial charge on any atom is -0.504 e. The van der Waals surface area contributed by atoms with Crippen molar-refractivity contribution in [2.75, 3.05) is 13.2 Å². The van der Waals surface area contributed by atoms with Crippen LogP contribution in [0.3, 0.4) is 0 Å². The van der Waals surface area contributed by atoms with Crippen LogP contribution in [0.15, 0.2) is 60.7 Å². The lowest BCUT2D eigenvalue weighted by Gasteiger charge is -2.44. The summed E-state index contributed by atoms with van der Waals surface area (Å²) in [7, 11) is 0. The van der Waals surface area contributed by atoms with Gasteiger partial charge in [0.15, 0.2) is 145 Å². The number of cyclic esters (lactones) is 2. The Hall–Kier alpha value is -19.4. The number of carbonyl (C=O) groups excluding carboxylic acids is 10. The van der Waals surface area contributed by atoms with Gasteiger partial charge in [0.05, 0.1) is 55.6 Å². The van der Waals surface area contributed by atoms with E-state index in [9.17, 15) is 168 Å². The second-order valence-electron chi connectivity index (χ2n) is 29.5. The molecule has 53 heteroatoms. The predicted molar refractivity (Wildman–Crippen MR) is 414 cm³/mol. The largest absolute Gasteiger partial charge is 0.504 e. The highest BCUT2D eigenvalue weighted by Crippen LogP contribution is 2.63. The van der Waals surface area contributed by atoms with E-state index in [2.05, 4.69) is 0 Å². The monoisotopic (exact) mass is 1890 g/mol. The summed E-state index contributed by atoms with van der Waals surface area (Å²) < 4.78 is 74.7. The molecule has 0 amide bonds. The van der Waals surface area contributed by atoms with Crippen LogP contribution in [-0.4, -0.2) is 288 Å². The molecular formula is C82H54O53. The van der Waals surface area contributed by atoms with Crippen LogP contribution in [0.2, 0.25) is 0 Å². The summed E-state index contributed by atoms with van der Waals surface area (Å²) in [6.07, 6.45) is -29.1. The van der Waals surface area contributed by atoms with E-state index in [1.807, 2.05) is 0 Å². The highest BCUT2D eigenvalue weighted by Gasteiger charge is 2.60. The Morgan fingerprint density at radius 1 is 0.230 bits per heavy atom. The van der Waals surface area contributed by atoms with E-state index in [-0.39, 0.29) is 48.5 Å². The Morgan fingerprint density at radius 3 is 0.807 bits per heavy atom. The van der Waals surface area contributed by atoms with Crippen molar-refractivity contribution in [3.05, 3.63) is 116 Å². The number of hydrogen-bond donors (Lipinski definition) is 30. The molecule has 10 aromatic carbocycles. The highest BCUT2D eigenvalue weighted by molar-refractivity contribution is 6.14. The summed E-state index contributed by atoms with van der Waals surface area (Å²) in [4.78, 5) is 151. The maximum atomic E-state index is 16.1. The van der Waals surface area contributed by atoms with Crippen LogP contribution >= 0.6 is 0 Å². The molecule has 0 radical (unpaired) electrons. The van der Waals surface area contributed by atoms with E-state index in [1.54, 1.807) is 0 Å². The minimum atomic E-state index is -3.10. The van der Waals surface area contributed by atoms with Crippen LogP contribution in [0.4, 0.5) is 0 Å². The van der Waals surface area contributed by atoms with Crippen LogP contribution < -0.4 is 4.74 Å². The molecule has 2 saturated heterocycles. The van der Waals surface area contributed by atoms with Crippen LogP contribution in [0.25, 0.3) is 44.5 Å². The minimum absolute atomic E-state index is 0.152. The number of ether oxygens (including phenoxy) is 13. The quantitative estimate of drug-likeness (QED) is 0.0491. The standard InChI is InChI=1S/C82H54O53/c83-21-1-13(2-22(84)43(21)92)71(113)134-81-70-68(131-76(118)18-8-27(89)46(95)52(101)34(18)36-20(78(120)133-70)10-29(91)48(97)54(36)103)65-32(127-81)12-124-74(116)16-6-25(87)50(99)56(105)38(16)40-42(80(122)129-65)66(63(112)62(111)58(40)107)125-30-4-14(3-23(85)44(30)93)72(114)135-82-69-67(130-75(117)17-7-26(88)45(94)51(100)33(17)35-19(77(119)132-69)9-28(90)47(96)53(35)102)64-31(126-82)11-123-73(115)15-5-24(86)49(98)55(104)37(15)39-41(79(121)128-64)59(108)61(110)60(109)57(39)106/h1-10,31-32,64-65,67-70,81-112H,11-12H2/t31-,32-,64-,65-,67+,68+,69-,70-,81-,82+/m1/s1. The number of phenolic OH excluding ortho intramolecular Hbond substituents is 30. The normalized spacial score (nSPS) is 20.1. The number of phenols is 30. The van der Waals surface area contributed by atoms with Crippen molar-refractivity contribution in [2.45, 2.75) is 61.4 Å². The number of esters is 10. The first kappa shape index (κ1) is 89.0. The molecule has 0 bridgehead atoms. The Morgan fingerprint density at radius 2 is 0.474 bits per heavy atom. The molecule has 0 saturated carbocycles. The van der Waals surface area contributed by atoms with Crippen molar-refractivity contribution in [3.8, 4) is 228 Å². The van der Waals surface area contributed by atoms with Crippen LogP contribution in [0.5, 0.6) is 184 Å². The molecular weight excluding hydrogens is 1830 g/mol. The lowest BCUT2D eigenvalue weighted by atomic mass is 9.90. The summed E-state index contributed by atoms with van der Waals surface area (Å²) in [5.41, 5.74) is -25.6. The zero-order valence-electron chi connectivity index (χ0n) is 65.8. The summed E-state index contributed by atoms with van der Waals surface area (Å²) in [6, 6.07) is 2.56. The van der Waals surface area contributed by atoms with Crippen molar-refractivity contribution >= 4 is 59.7 Å². The molecule has 10 atom stereocenters. The summed E-state index contributed by atoms with van der Waals surface area (Å²) in [5.74, 6) is -74.0. The van der Waals surface area contributed by atoms with Crippen molar-refractivity contribution in [1.29, 1.82) is 0 Å². The fourth-order valence-corrected chi connectivity index (χ4v) is 15.3. The smallest absolute Gasteiger partial charge is 0.343 e. The molecule has 6 aliphatic rings. The number of benzene rings is 10. The van der Waals surface area contributed by atoms with Gasteiger partial charge in [-0.2, -0.15) is 0 Å². The third-order valence-corrected chi connectivity index (χ3v) is 21.7. The van der Waals surface area contributed by atoms with Crippen molar-refractivity contribution in [1.82, 2.24) is 0 Å². The van der Waals surface area contributed by atoms with Crippen LogP contribution in [0, 0.1) is 0 Å². The fraction of sp³-hybridized carbons (Fsp3) is 0.146. The summed E-state index contributed by atoms with van der Waals surface area (Å²) in [6.45, 7) is -3.26. The molecule has 135 heavy (non-hydrogen) atoms. The molecule has 6 aliphatic heterocycles. The summed E-state index contributed by atoms with van der Waals surface area (Å²) in [5, 5.41) is 336. The Labute approximate surface area is 739 Å². The van der Waals surface area contributed by atoms with E-state index < -0.39 is 418 Å². The molecule has 0 spiro atoms. The molecule has 6 heterocycles. The number of carbonyl (C=O) groups is 10. The van der Waals surface area contributed by atoms with Gasteiger partial charge >= 0.3 is 59.7 Å². The molecule has 0 unspecified atom stereocenters. The first-order valence-electron chi connectivity index (χ1n) is 37.4. The Balaban J connectivity index is 0.852. The molecule has 10 aromatic rings. The molecule has 16 rings (SSSR count). The second kappa shape index (κ2) is 31.8. The van der Waals surface area contributed by atoms with Gasteiger partial charge in [-0.05, 0) is 60.7 Å². The number of aromatic hydroxyl groups is 30. The van der Waals surface area contributed by atoms with Gasteiger partial charge in [-0.1, -0.05) is 0 Å². The van der Waals surface area contributed by atoms with Crippen LogP contribution in [0.1, 0.15) is 104 Å². The zero-order chi connectivity index (χ0) is 98.1. The molecule has 0 aromatic heterocycles. The van der Waals surface area contributed by atoms with Gasteiger partial charge in [0.2, 0.25) is 88.0 Å². The Kier molecular flexibility index (Phi) is 21.0. The maximum absolute atomic E-state index is 16.1. The maximum Gasteiger partial charge on any atom is 0.343 e. The summed E-state index contributed by atoms with van der Waals surface area (Å²) >= 11 is 0. The molecule has 0 aliphatic carbocycles. The number of rotatable bonds is 6. The van der Waals surface area contributed by atoms with Crippen molar-refractivity contribution < 1.29 is 263 Å². The molecule has 53 nitrogen and oxygen atoms in total. The molecule has 2 fully saturated rings. The second-order valence-corrected chi connectivity index (χ2v) is 29.5. The zero-order valence-corrected chi connectivity index (χ0v) is 65.8.